The van der Waals surface area contributed by atoms with E-state index in [1.807, 2.05) is 36.4 Å². The van der Waals surface area contributed by atoms with Crippen molar-refractivity contribution < 1.29 is 4.79 Å². The van der Waals surface area contributed by atoms with Crippen molar-refractivity contribution in [2.45, 2.75) is 0 Å². The number of carbonyl (C=O) groups is 1. The monoisotopic (exact) mass is 174 g/mol. The highest BCUT2D eigenvalue weighted by atomic mass is 35.5. The van der Waals surface area contributed by atoms with Gasteiger partial charge < -0.3 is 11.5 Å². The standard InChI is InChI=1S/C6H6.CH4N2O.ClH/c1-2-4-6-5-3-1;2-1(3)4;/h1-6H;(H4,2,3,4);1H. The lowest BCUT2D eigenvalue weighted by atomic mass is 10.4. The summed E-state index contributed by atoms with van der Waals surface area (Å²) in [5, 5.41) is 0. The van der Waals surface area contributed by atoms with Crippen LogP contribution in [-0.2, 0) is 0 Å². The Morgan fingerprint density at radius 3 is 1.00 bits per heavy atom. The summed E-state index contributed by atoms with van der Waals surface area (Å²) in [4.78, 5) is 9.00. The first kappa shape index (κ1) is 12.5. The first-order valence-corrected chi connectivity index (χ1v) is 2.78. The van der Waals surface area contributed by atoms with Gasteiger partial charge in [0, 0.05) is 0 Å². The molecule has 4 heteroatoms. The zero-order valence-electron chi connectivity index (χ0n) is 5.94. The number of hydrogen-bond donors (Lipinski definition) is 2. The van der Waals surface area contributed by atoms with E-state index in [2.05, 4.69) is 11.5 Å². The minimum atomic E-state index is -0.833. The van der Waals surface area contributed by atoms with Crippen LogP contribution in [0, 0.1) is 0 Å². The summed E-state index contributed by atoms with van der Waals surface area (Å²) < 4.78 is 0. The van der Waals surface area contributed by atoms with E-state index in [1.165, 1.54) is 0 Å². The van der Waals surface area contributed by atoms with Crippen molar-refractivity contribution in [2.24, 2.45) is 11.5 Å². The molecule has 3 nitrogen and oxygen atoms in total. The first-order valence-electron chi connectivity index (χ1n) is 2.78. The minimum Gasteiger partial charge on any atom is -0.352 e. The molecule has 0 saturated carbocycles. The molecule has 11 heavy (non-hydrogen) atoms. The predicted molar refractivity (Wildman–Crippen MR) is 47.5 cm³/mol. The molecule has 0 unspecified atom stereocenters. The molecule has 1 aromatic rings. The van der Waals surface area contributed by atoms with Gasteiger partial charge in [-0.15, -0.1) is 12.4 Å². The Morgan fingerprint density at radius 1 is 0.818 bits per heavy atom. The van der Waals surface area contributed by atoms with Gasteiger partial charge in [0.25, 0.3) is 0 Å². The third-order valence-corrected chi connectivity index (χ3v) is 0.667. The zero-order valence-corrected chi connectivity index (χ0v) is 6.75. The third kappa shape index (κ3) is 17.7. The fourth-order valence-corrected chi connectivity index (χ4v) is 0.385. The van der Waals surface area contributed by atoms with Gasteiger partial charge in [-0.25, -0.2) is 4.79 Å². The number of primary amides is 2. The van der Waals surface area contributed by atoms with Crippen molar-refractivity contribution in [2.75, 3.05) is 0 Å². The Bertz CT molecular complexity index is 148. The second kappa shape index (κ2) is 8.78. The van der Waals surface area contributed by atoms with Crippen molar-refractivity contribution in [3.05, 3.63) is 36.4 Å². The molecule has 0 saturated heterocycles. The van der Waals surface area contributed by atoms with Crippen LogP contribution in [0.25, 0.3) is 0 Å². The molecule has 0 bridgehead atoms. The van der Waals surface area contributed by atoms with Gasteiger partial charge in [-0.05, 0) is 0 Å². The Hall–Kier alpha value is -1.22. The number of halogens is 1. The molecule has 4 N–H and O–H groups in total. The molecule has 0 aliphatic carbocycles. The quantitative estimate of drug-likeness (QED) is 0.608. The summed E-state index contributed by atoms with van der Waals surface area (Å²) in [5.41, 5.74) is 8.50. The maximum absolute atomic E-state index is 9.00. The van der Waals surface area contributed by atoms with E-state index in [1.54, 1.807) is 0 Å². The Morgan fingerprint density at radius 2 is 0.909 bits per heavy atom. The third-order valence-electron chi connectivity index (χ3n) is 0.667. The van der Waals surface area contributed by atoms with E-state index in [4.69, 9.17) is 4.79 Å². The average Bonchev–Trinajstić information content (AvgIpc) is 1.90. The van der Waals surface area contributed by atoms with Crippen LogP contribution in [-0.4, -0.2) is 6.03 Å². The molecule has 1 rings (SSSR count). The van der Waals surface area contributed by atoms with Gasteiger partial charge in [0.2, 0.25) is 0 Å². The number of amides is 2. The number of rotatable bonds is 0. The van der Waals surface area contributed by atoms with E-state index in [0.717, 1.165) is 0 Å². The molecule has 62 valence electrons. The molecular formula is C7H11ClN2O. The number of carbonyl (C=O) groups excluding carboxylic acids is 1. The molecule has 1 aromatic carbocycles. The van der Waals surface area contributed by atoms with Crippen LogP contribution >= 0.6 is 12.4 Å². The van der Waals surface area contributed by atoms with Crippen molar-refractivity contribution in [3.8, 4) is 0 Å². The highest BCUT2D eigenvalue weighted by Crippen LogP contribution is 1.79. The molecular weight excluding hydrogens is 164 g/mol. The molecule has 0 fully saturated rings. The first-order chi connectivity index (χ1) is 4.73. The van der Waals surface area contributed by atoms with Crippen LogP contribution in [0.2, 0.25) is 0 Å². The molecule has 0 radical (unpaired) electrons. The van der Waals surface area contributed by atoms with Crippen LogP contribution in [0.1, 0.15) is 0 Å². The molecule has 0 aliphatic heterocycles. The van der Waals surface area contributed by atoms with Gasteiger partial charge in [0.05, 0.1) is 0 Å². The van der Waals surface area contributed by atoms with Gasteiger partial charge in [-0.2, -0.15) is 0 Å². The predicted octanol–water partition coefficient (Wildman–Crippen LogP) is 1.13. The van der Waals surface area contributed by atoms with Gasteiger partial charge >= 0.3 is 6.03 Å². The topological polar surface area (TPSA) is 69.1 Å². The van der Waals surface area contributed by atoms with Crippen molar-refractivity contribution in [1.29, 1.82) is 0 Å². The normalized spacial score (nSPS) is 6.55. The van der Waals surface area contributed by atoms with Crippen LogP contribution in [0.3, 0.4) is 0 Å². The Labute approximate surface area is 71.8 Å². The van der Waals surface area contributed by atoms with Gasteiger partial charge in [-0.1, -0.05) is 36.4 Å². The Kier molecular flexibility index (Phi) is 9.94. The molecule has 0 aromatic heterocycles. The van der Waals surface area contributed by atoms with Crippen molar-refractivity contribution >= 4 is 18.4 Å². The molecule has 0 aliphatic rings. The minimum absolute atomic E-state index is 0. The summed E-state index contributed by atoms with van der Waals surface area (Å²) in [7, 11) is 0. The molecule has 0 atom stereocenters. The molecule has 0 spiro atoms. The van der Waals surface area contributed by atoms with Crippen molar-refractivity contribution in [1.82, 2.24) is 0 Å². The van der Waals surface area contributed by atoms with E-state index in [-0.39, 0.29) is 12.4 Å². The zero-order chi connectivity index (χ0) is 7.82. The van der Waals surface area contributed by atoms with Crippen LogP contribution in [0.15, 0.2) is 36.4 Å². The fourth-order valence-electron chi connectivity index (χ4n) is 0.385. The lowest BCUT2D eigenvalue weighted by Gasteiger charge is -1.69. The summed E-state index contributed by atoms with van der Waals surface area (Å²) in [6, 6.07) is 11.2. The fraction of sp³-hybridized carbons (Fsp3) is 0. The van der Waals surface area contributed by atoms with E-state index in [9.17, 15) is 0 Å². The van der Waals surface area contributed by atoms with Crippen LogP contribution in [0.4, 0.5) is 4.79 Å². The number of hydrogen-bond acceptors (Lipinski definition) is 1. The molecule has 0 heterocycles. The lowest BCUT2D eigenvalue weighted by molar-refractivity contribution is 0.256. The second-order valence-electron chi connectivity index (χ2n) is 1.56. The van der Waals surface area contributed by atoms with E-state index >= 15 is 0 Å². The molecule has 2 amide bonds. The smallest absolute Gasteiger partial charge is 0.309 e. The van der Waals surface area contributed by atoms with Crippen LogP contribution in [0.5, 0.6) is 0 Å². The van der Waals surface area contributed by atoms with Crippen LogP contribution < -0.4 is 11.5 Å². The highest BCUT2D eigenvalue weighted by Gasteiger charge is 1.60. The Balaban J connectivity index is 0. The maximum Gasteiger partial charge on any atom is 0.309 e. The van der Waals surface area contributed by atoms with Crippen molar-refractivity contribution in [3.63, 3.8) is 0 Å². The van der Waals surface area contributed by atoms with E-state index in [0.29, 0.717) is 0 Å². The van der Waals surface area contributed by atoms with Gasteiger partial charge in [0.15, 0.2) is 0 Å². The summed E-state index contributed by atoms with van der Waals surface area (Å²) in [6.07, 6.45) is 0. The summed E-state index contributed by atoms with van der Waals surface area (Å²) in [6.45, 7) is 0. The largest absolute Gasteiger partial charge is 0.352 e. The van der Waals surface area contributed by atoms with E-state index < -0.39 is 6.03 Å². The number of urea groups is 1. The average molecular weight is 175 g/mol. The van der Waals surface area contributed by atoms with Gasteiger partial charge in [-0.3, -0.25) is 0 Å². The lowest BCUT2D eigenvalue weighted by Crippen LogP contribution is -2.18. The summed E-state index contributed by atoms with van der Waals surface area (Å²) >= 11 is 0. The number of nitrogens with two attached hydrogens (primary N) is 2. The highest BCUT2D eigenvalue weighted by molar-refractivity contribution is 5.85. The summed E-state index contributed by atoms with van der Waals surface area (Å²) in [5.74, 6) is 0. The SMILES string of the molecule is Cl.NC(N)=O.c1ccccc1. The maximum atomic E-state index is 9.00. The number of benzene rings is 1. The van der Waals surface area contributed by atoms with Gasteiger partial charge in [0.1, 0.15) is 0 Å². The second-order valence-corrected chi connectivity index (χ2v) is 1.56.